The number of nitrogens with one attached hydrogen (secondary N) is 2. The topological polar surface area (TPSA) is 54.0 Å². The van der Waals surface area contributed by atoms with Gasteiger partial charge in [-0.3, -0.25) is 4.79 Å². The molecule has 134 valence electrons. The van der Waals surface area contributed by atoms with Gasteiger partial charge in [-0.15, -0.1) is 36.2 Å². The number of hydrogen-bond donors (Lipinski definition) is 2. The number of thiazole rings is 1. The molecule has 1 fully saturated rings. The van der Waals surface area contributed by atoms with Crippen molar-refractivity contribution in [3.05, 3.63) is 29.3 Å². The summed E-state index contributed by atoms with van der Waals surface area (Å²) < 4.78 is 1.21. The lowest BCUT2D eigenvalue weighted by molar-refractivity contribution is -0.121. The Kier molecular flexibility index (Phi) is 8.98. The van der Waals surface area contributed by atoms with Crippen LogP contribution in [0.1, 0.15) is 31.2 Å². The van der Waals surface area contributed by atoms with Crippen molar-refractivity contribution in [3.63, 3.8) is 0 Å². The molecule has 0 bridgehead atoms. The molecule has 1 aliphatic rings. The van der Waals surface area contributed by atoms with Crippen LogP contribution in [-0.2, 0) is 11.2 Å². The second-order valence-electron chi connectivity index (χ2n) is 6.15. The highest BCUT2D eigenvalue weighted by Crippen LogP contribution is 2.22. The number of benzene rings is 1. The normalized spacial score (nSPS) is 17.8. The first-order valence-corrected chi connectivity index (χ1v) is 8.87. The molecule has 1 saturated heterocycles. The molecule has 0 radical (unpaired) electrons. The number of amides is 1. The maximum Gasteiger partial charge on any atom is 0.220 e. The van der Waals surface area contributed by atoms with E-state index < -0.39 is 0 Å². The van der Waals surface area contributed by atoms with Gasteiger partial charge in [-0.25, -0.2) is 4.98 Å². The Morgan fingerprint density at radius 2 is 2.21 bits per heavy atom. The van der Waals surface area contributed by atoms with Crippen LogP contribution >= 0.6 is 36.2 Å². The summed E-state index contributed by atoms with van der Waals surface area (Å²) in [5.74, 6) is 0.839. The molecule has 4 nitrogen and oxygen atoms in total. The summed E-state index contributed by atoms with van der Waals surface area (Å²) in [6.07, 6.45) is 3.63. The zero-order valence-corrected chi connectivity index (χ0v) is 16.2. The third-order valence-corrected chi connectivity index (χ3v) is 5.23. The maximum absolute atomic E-state index is 12.0. The number of carbonyl (C=O) groups excluding carboxylic acids is 1. The Labute approximate surface area is 159 Å². The van der Waals surface area contributed by atoms with E-state index in [-0.39, 0.29) is 36.8 Å². The number of rotatable bonds is 6. The zero-order valence-electron chi connectivity index (χ0n) is 13.8. The Hall–Kier alpha value is -0.880. The molecule has 1 aromatic heterocycles. The van der Waals surface area contributed by atoms with Gasteiger partial charge < -0.3 is 10.6 Å². The fraction of sp³-hybridized carbons (Fsp3) is 0.529. The van der Waals surface area contributed by atoms with Crippen LogP contribution < -0.4 is 10.6 Å². The van der Waals surface area contributed by atoms with Crippen LogP contribution in [0.4, 0.5) is 0 Å². The summed E-state index contributed by atoms with van der Waals surface area (Å²) in [7, 11) is 0. The van der Waals surface area contributed by atoms with Crippen LogP contribution in [0.3, 0.4) is 0 Å². The first-order valence-electron chi connectivity index (χ1n) is 8.05. The number of halogens is 2. The van der Waals surface area contributed by atoms with Crippen molar-refractivity contribution in [1.29, 1.82) is 0 Å². The second kappa shape index (κ2) is 10.2. The summed E-state index contributed by atoms with van der Waals surface area (Å²) in [5, 5.41) is 7.54. The standard InChI is InChI=1S/C17H23N3OS.2ClH/c1-12(19-16(21)7-6-13-8-9-18-11-13)10-17-20-14-4-2-3-5-15(14)22-17;;/h2-5,12-13,18H,6-11H2,1H3,(H,19,21);2*1H. The number of hydrogen-bond acceptors (Lipinski definition) is 4. The molecule has 7 heteroatoms. The smallest absolute Gasteiger partial charge is 0.220 e. The number of carbonyl (C=O) groups is 1. The van der Waals surface area contributed by atoms with Gasteiger partial charge >= 0.3 is 0 Å². The van der Waals surface area contributed by atoms with E-state index in [9.17, 15) is 4.79 Å². The van der Waals surface area contributed by atoms with Crippen molar-refractivity contribution in [2.24, 2.45) is 5.92 Å². The van der Waals surface area contributed by atoms with Crippen LogP contribution in [0, 0.1) is 5.92 Å². The van der Waals surface area contributed by atoms with Gasteiger partial charge in [0.05, 0.1) is 15.2 Å². The first kappa shape index (κ1) is 21.2. The van der Waals surface area contributed by atoms with Crippen LogP contribution in [-0.4, -0.2) is 30.0 Å². The molecule has 0 spiro atoms. The Morgan fingerprint density at radius 1 is 1.42 bits per heavy atom. The molecule has 2 aromatic rings. The lowest BCUT2D eigenvalue weighted by Crippen LogP contribution is -2.34. The molecule has 24 heavy (non-hydrogen) atoms. The van der Waals surface area contributed by atoms with Crippen molar-refractivity contribution in [3.8, 4) is 0 Å². The molecule has 2 atom stereocenters. The highest BCUT2D eigenvalue weighted by Gasteiger charge is 2.17. The fourth-order valence-electron chi connectivity index (χ4n) is 2.96. The van der Waals surface area contributed by atoms with Gasteiger partial charge in [0.15, 0.2) is 0 Å². The van der Waals surface area contributed by atoms with Crippen LogP contribution in [0.2, 0.25) is 0 Å². The van der Waals surface area contributed by atoms with E-state index in [0.717, 1.165) is 36.5 Å². The third-order valence-electron chi connectivity index (χ3n) is 4.17. The van der Waals surface area contributed by atoms with Crippen LogP contribution in [0.5, 0.6) is 0 Å². The lowest BCUT2D eigenvalue weighted by Gasteiger charge is -2.13. The summed E-state index contributed by atoms with van der Waals surface area (Å²) in [5.41, 5.74) is 1.05. The predicted molar refractivity (Wildman–Crippen MR) is 106 cm³/mol. The lowest BCUT2D eigenvalue weighted by atomic mass is 10.0. The van der Waals surface area contributed by atoms with Gasteiger partial charge in [-0.2, -0.15) is 0 Å². The average Bonchev–Trinajstić information content (AvgIpc) is 3.13. The average molecular weight is 390 g/mol. The quantitative estimate of drug-likeness (QED) is 0.793. The van der Waals surface area contributed by atoms with Gasteiger partial charge in [0.1, 0.15) is 0 Å². The minimum Gasteiger partial charge on any atom is -0.353 e. The highest BCUT2D eigenvalue weighted by molar-refractivity contribution is 7.18. The molecule has 1 aliphatic heterocycles. The van der Waals surface area contributed by atoms with Crippen LogP contribution in [0.25, 0.3) is 10.2 Å². The van der Waals surface area contributed by atoms with E-state index >= 15 is 0 Å². The van der Waals surface area contributed by atoms with Crippen molar-refractivity contribution in [2.45, 2.75) is 38.6 Å². The number of nitrogens with zero attached hydrogens (tertiary/aromatic N) is 1. The molecule has 1 aromatic carbocycles. The van der Waals surface area contributed by atoms with Gasteiger partial charge in [0.25, 0.3) is 0 Å². The van der Waals surface area contributed by atoms with Crippen LogP contribution in [0.15, 0.2) is 24.3 Å². The van der Waals surface area contributed by atoms with Crippen molar-refractivity contribution >= 4 is 52.3 Å². The summed E-state index contributed by atoms with van der Waals surface area (Å²) in [4.78, 5) is 16.7. The van der Waals surface area contributed by atoms with Gasteiger partial charge in [-0.1, -0.05) is 12.1 Å². The maximum atomic E-state index is 12.0. The molecule has 1 amide bonds. The van der Waals surface area contributed by atoms with Crippen molar-refractivity contribution < 1.29 is 4.79 Å². The SMILES string of the molecule is CC(Cc1nc2ccccc2s1)NC(=O)CCC1CCNC1.Cl.Cl. The Morgan fingerprint density at radius 3 is 2.92 bits per heavy atom. The Balaban J connectivity index is 0.00000144. The van der Waals surface area contributed by atoms with E-state index in [1.54, 1.807) is 11.3 Å². The van der Waals surface area contributed by atoms with E-state index in [1.807, 2.05) is 18.2 Å². The zero-order chi connectivity index (χ0) is 15.4. The monoisotopic (exact) mass is 389 g/mol. The van der Waals surface area contributed by atoms with E-state index in [0.29, 0.717) is 12.3 Å². The van der Waals surface area contributed by atoms with E-state index in [2.05, 4.69) is 28.6 Å². The largest absolute Gasteiger partial charge is 0.353 e. The van der Waals surface area contributed by atoms with E-state index in [4.69, 9.17) is 0 Å². The first-order chi connectivity index (χ1) is 10.7. The second-order valence-corrected chi connectivity index (χ2v) is 7.26. The molecule has 0 saturated carbocycles. The third kappa shape index (κ3) is 5.88. The fourth-order valence-corrected chi connectivity index (χ4v) is 4.06. The minimum absolute atomic E-state index is 0. The van der Waals surface area contributed by atoms with Crippen molar-refractivity contribution in [1.82, 2.24) is 15.6 Å². The summed E-state index contributed by atoms with van der Waals surface area (Å²) >= 11 is 1.72. The molecule has 2 N–H and O–H groups in total. The van der Waals surface area contributed by atoms with Gasteiger partial charge in [0.2, 0.25) is 5.91 Å². The predicted octanol–water partition coefficient (Wildman–Crippen LogP) is 3.58. The summed E-state index contributed by atoms with van der Waals surface area (Å²) in [6, 6.07) is 8.31. The molecule has 2 heterocycles. The van der Waals surface area contributed by atoms with Crippen molar-refractivity contribution in [2.75, 3.05) is 13.1 Å². The number of para-hydroxylation sites is 1. The summed E-state index contributed by atoms with van der Waals surface area (Å²) in [6.45, 7) is 4.22. The number of aromatic nitrogens is 1. The molecule has 3 rings (SSSR count). The Bertz CT molecular complexity index is 611. The molecular formula is C17H25Cl2N3OS. The molecule has 0 aliphatic carbocycles. The molecule has 2 unspecified atom stereocenters. The van der Waals surface area contributed by atoms with E-state index in [1.165, 1.54) is 11.1 Å². The van der Waals surface area contributed by atoms with Gasteiger partial charge in [-0.05, 0) is 50.9 Å². The van der Waals surface area contributed by atoms with Gasteiger partial charge in [0, 0.05) is 18.9 Å². The highest BCUT2D eigenvalue weighted by atomic mass is 35.5. The minimum atomic E-state index is 0. The molecular weight excluding hydrogens is 365 g/mol. The number of fused-ring (bicyclic) bond motifs is 1.